The largest absolute Gasteiger partial charge is 0.368 e. The summed E-state index contributed by atoms with van der Waals surface area (Å²) in [5.41, 5.74) is 2.98. The Morgan fingerprint density at radius 2 is 1.58 bits per heavy atom. The van der Waals surface area contributed by atoms with Crippen molar-refractivity contribution in [2.45, 2.75) is 31.3 Å². The van der Waals surface area contributed by atoms with Crippen molar-refractivity contribution < 1.29 is 0 Å². The Kier molecular flexibility index (Phi) is 6.16. The van der Waals surface area contributed by atoms with Crippen LogP contribution in [0.5, 0.6) is 0 Å². The maximum absolute atomic E-state index is 6.39. The summed E-state index contributed by atoms with van der Waals surface area (Å²) in [7, 11) is 0. The second-order valence-corrected chi connectivity index (χ2v) is 9.65. The lowest BCUT2D eigenvalue weighted by molar-refractivity contribution is 0.183. The minimum Gasteiger partial charge on any atom is -0.368 e. The van der Waals surface area contributed by atoms with Crippen LogP contribution in [0, 0.1) is 0 Å². The van der Waals surface area contributed by atoms with Gasteiger partial charge in [0.2, 0.25) is 0 Å². The number of rotatable bonds is 4. The maximum atomic E-state index is 6.39. The number of benzene rings is 2. The van der Waals surface area contributed by atoms with Crippen LogP contribution in [0.4, 0.5) is 5.69 Å². The molecule has 1 aliphatic carbocycles. The quantitative estimate of drug-likeness (QED) is 0.435. The first-order valence-corrected chi connectivity index (χ1v) is 12.0. The van der Waals surface area contributed by atoms with Gasteiger partial charge in [0.1, 0.15) is 0 Å². The van der Waals surface area contributed by atoms with Crippen LogP contribution < -0.4 is 4.90 Å². The van der Waals surface area contributed by atoms with E-state index in [0.29, 0.717) is 22.1 Å². The molecule has 2 atom stereocenters. The standard InChI is InChI=1S/C24H25Cl3N4/c25-17-5-8-20(22(27)15-17)23-9-10-31(28-23)19-7-6-18(16-19)29-11-13-30(14-12-29)24-4-2-1-3-21(24)26/h1-5,8-10,15,18-19H,6-7,11-14,16H2/t18-,19+/m0/s1. The van der Waals surface area contributed by atoms with Crippen LogP contribution >= 0.6 is 34.8 Å². The lowest BCUT2D eigenvalue weighted by atomic mass is 10.1. The molecule has 2 aromatic carbocycles. The monoisotopic (exact) mass is 474 g/mol. The van der Waals surface area contributed by atoms with Gasteiger partial charge in [0.25, 0.3) is 0 Å². The Balaban J connectivity index is 1.20. The molecule has 2 aliphatic rings. The second-order valence-electron chi connectivity index (χ2n) is 8.40. The van der Waals surface area contributed by atoms with E-state index in [1.807, 2.05) is 30.3 Å². The van der Waals surface area contributed by atoms with Gasteiger partial charge in [-0.25, -0.2) is 0 Å². The van der Waals surface area contributed by atoms with Crippen molar-refractivity contribution in [2.24, 2.45) is 0 Å². The van der Waals surface area contributed by atoms with Crippen molar-refractivity contribution in [3.63, 3.8) is 0 Å². The molecular formula is C24H25Cl3N4. The Morgan fingerprint density at radius 1 is 0.806 bits per heavy atom. The number of hydrogen-bond acceptors (Lipinski definition) is 3. The summed E-state index contributed by atoms with van der Waals surface area (Å²) < 4.78 is 2.13. The summed E-state index contributed by atoms with van der Waals surface area (Å²) in [4.78, 5) is 5.05. The fourth-order valence-electron chi connectivity index (χ4n) is 4.92. The van der Waals surface area contributed by atoms with Crippen LogP contribution in [0.2, 0.25) is 15.1 Å². The predicted molar refractivity (Wildman–Crippen MR) is 130 cm³/mol. The highest BCUT2D eigenvalue weighted by Gasteiger charge is 2.32. The van der Waals surface area contributed by atoms with E-state index in [2.05, 4.69) is 32.8 Å². The third kappa shape index (κ3) is 4.45. The van der Waals surface area contributed by atoms with Gasteiger partial charge in [0.15, 0.2) is 0 Å². The minimum absolute atomic E-state index is 0.437. The van der Waals surface area contributed by atoms with E-state index in [1.54, 1.807) is 6.07 Å². The molecule has 0 spiro atoms. The van der Waals surface area contributed by atoms with Gasteiger partial charge < -0.3 is 4.90 Å². The highest BCUT2D eigenvalue weighted by Crippen LogP contribution is 2.36. The number of hydrogen-bond donors (Lipinski definition) is 0. The van der Waals surface area contributed by atoms with Crippen molar-refractivity contribution in [1.82, 2.24) is 14.7 Å². The molecule has 4 nitrogen and oxygen atoms in total. The number of aromatic nitrogens is 2. The summed E-state index contributed by atoms with van der Waals surface area (Å²) in [6.07, 6.45) is 5.60. The van der Waals surface area contributed by atoms with Gasteiger partial charge in [-0.3, -0.25) is 9.58 Å². The first-order valence-electron chi connectivity index (χ1n) is 10.8. The molecule has 0 unspecified atom stereocenters. The fourth-order valence-corrected chi connectivity index (χ4v) is 5.69. The van der Waals surface area contributed by atoms with Crippen LogP contribution in [0.3, 0.4) is 0 Å². The molecule has 2 heterocycles. The molecule has 0 radical (unpaired) electrons. The van der Waals surface area contributed by atoms with E-state index in [0.717, 1.165) is 61.0 Å². The predicted octanol–water partition coefficient (Wildman–Crippen LogP) is 6.43. The first-order chi connectivity index (χ1) is 15.1. The molecule has 0 N–H and O–H groups in total. The van der Waals surface area contributed by atoms with Gasteiger partial charge in [-0.05, 0) is 55.7 Å². The second kappa shape index (κ2) is 9.03. The normalized spacial score (nSPS) is 22.2. The Hall–Kier alpha value is -1.72. The summed E-state index contributed by atoms with van der Waals surface area (Å²) in [6, 6.07) is 16.8. The van der Waals surface area contributed by atoms with Crippen LogP contribution in [0.1, 0.15) is 25.3 Å². The number of anilines is 1. The van der Waals surface area contributed by atoms with Crippen LogP contribution in [-0.2, 0) is 0 Å². The zero-order chi connectivity index (χ0) is 21.4. The van der Waals surface area contributed by atoms with Crippen LogP contribution in [-0.4, -0.2) is 46.9 Å². The lowest BCUT2D eigenvalue weighted by Gasteiger charge is -2.39. The number of piperazine rings is 1. The van der Waals surface area contributed by atoms with E-state index in [-0.39, 0.29) is 0 Å². The third-order valence-corrected chi connectivity index (χ3v) is 7.46. The average Bonchev–Trinajstić information content (AvgIpc) is 3.44. The number of halogens is 3. The highest BCUT2D eigenvalue weighted by molar-refractivity contribution is 6.36. The van der Waals surface area contributed by atoms with E-state index >= 15 is 0 Å². The fraction of sp³-hybridized carbons (Fsp3) is 0.375. The SMILES string of the molecule is Clc1ccc(-c2ccn([C@@H]3CC[C@H](N4CCN(c5ccccc5Cl)CC4)C3)n2)c(Cl)c1. The van der Waals surface area contributed by atoms with Gasteiger partial charge in [0.05, 0.1) is 27.5 Å². The molecular weight excluding hydrogens is 451 g/mol. The van der Waals surface area contributed by atoms with Gasteiger partial charge in [-0.15, -0.1) is 0 Å². The summed E-state index contributed by atoms with van der Waals surface area (Å²) >= 11 is 18.8. The Labute approximate surface area is 198 Å². The molecule has 3 aromatic rings. The van der Waals surface area contributed by atoms with Gasteiger partial charge in [-0.2, -0.15) is 5.10 Å². The topological polar surface area (TPSA) is 24.3 Å². The zero-order valence-electron chi connectivity index (χ0n) is 17.2. The minimum atomic E-state index is 0.437. The Bertz CT molecular complexity index is 1060. The Morgan fingerprint density at radius 3 is 2.35 bits per heavy atom. The molecule has 0 amide bonds. The lowest BCUT2D eigenvalue weighted by Crippen LogP contribution is -2.49. The van der Waals surface area contributed by atoms with E-state index in [9.17, 15) is 0 Å². The molecule has 1 saturated heterocycles. The van der Waals surface area contributed by atoms with E-state index < -0.39 is 0 Å². The summed E-state index contributed by atoms with van der Waals surface area (Å²) in [5, 5.41) is 6.96. The van der Waals surface area contributed by atoms with E-state index in [1.165, 1.54) is 6.42 Å². The first kappa shape index (κ1) is 21.1. The van der Waals surface area contributed by atoms with Crippen LogP contribution in [0.25, 0.3) is 11.3 Å². The van der Waals surface area contributed by atoms with Crippen molar-refractivity contribution >= 4 is 40.5 Å². The highest BCUT2D eigenvalue weighted by atomic mass is 35.5. The summed E-state index contributed by atoms with van der Waals surface area (Å²) in [5.74, 6) is 0. The molecule has 0 bridgehead atoms. The van der Waals surface area contributed by atoms with Gasteiger partial charge in [-0.1, -0.05) is 46.9 Å². The zero-order valence-corrected chi connectivity index (χ0v) is 19.5. The molecule has 2 fully saturated rings. The summed E-state index contributed by atoms with van der Waals surface area (Å²) in [6.45, 7) is 4.19. The van der Waals surface area contributed by atoms with Crippen molar-refractivity contribution in [3.8, 4) is 11.3 Å². The molecule has 1 aliphatic heterocycles. The van der Waals surface area contributed by atoms with Crippen molar-refractivity contribution in [2.75, 3.05) is 31.1 Å². The smallest absolute Gasteiger partial charge is 0.0938 e. The molecule has 31 heavy (non-hydrogen) atoms. The number of nitrogens with zero attached hydrogens (tertiary/aromatic N) is 4. The van der Waals surface area contributed by atoms with Crippen molar-refractivity contribution in [1.29, 1.82) is 0 Å². The van der Waals surface area contributed by atoms with Gasteiger partial charge >= 0.3 is 0 Å². The van der Waals surface area contributed by atoms with Crippen LogP contribution in [0.15, 0.2) is 54.7 Å². The third-order valence-electron chi connectivity index (χ3n) is 6.59. The molecule has 1 saturated carbocycles. The average molecular weight is 476 g/mol. The van der Waals surface area contributed by atoms with E-state index in [4.69, 9.17) is 39.9 Å². The van der Waals surface area contributed by atoms with Gasteiger partial charge in [0, 0.05) is 49.0 Å². The number of para-hydroxylation sites is 1. The molecule has 162 valence electrons. The maximum Gasteiger partial charge on any atom is 0.0938 e. The van der Waals surface area contributed by atoms with Crippen molar-refractivity contribution in [3.05, 3.63) is 69.8 Å². The molecule has 5 rings (SSSR count). The molecule has 7 heteroatoms. The molecule has 1 aromatic heterocycles.